The average Bonchev–Trinajstić information content (AvgIpc) is 2.94. The summed E-state index contributed by atoms with van der Waals surface area (Å²) in [6.07, 6.45) is -4.52. The Bertz CT molecular complexity index is 1330. The highest BCUT2D eigenvalue weighted by atomic mass is 19.4. The zero-order chi connectivity index (χ0) is 29.9. The molecule has 9 nitrogen and oxygen atoms in total. The normalized spacial score (nSPS) is 20.1. The number of ether oxygens (including phenoxy) is 2. The number of methoxy groups -OCH3 is 1. The quantitative estimate of drug-likeness (QED) is 0.502. The van der Waals surface area contributed by atoms with Gasteiger partial charge in [0.2, 0.25) is 0 Å². The van der Waals surface area contributed by atoms with E-state index in [1.807, 2.05) is 11.8 Å². The molecule has 3 amide bonds. The highest BCUT2D eigenvalue weighted by molar-refractivity contribution is 5.96. The smallest absolute Gasteiger partial charge is 0.416 e. The molecule has 1 N–H and O–H groups in total. The Kier molecular flexibility index (Phi) is 8.91. The molecule has 1 saturated heterocycles. The van der Waals surface area contributed by atoms with Crippen LogP contribution in [0.5, 0.6) is 5.75 Å². The van der Waals surface area contributed by atoms with E-state index in [2.05, 4.69) is 5.32 Å². The van der Waals surface area contributed by atoms with Gasteiger partial charge in [-0.15, -0.1) is 0 Å². The maximum absolute atomic E-state index is 13.2. The summed E-state index contributed by atoms with van der Waals surface area (Å²) in [4.78, 5) is 44.5. The molecule has 0 spiro atoms. The fourth-order valence-corrected chi connectivity index (χ4v) is 5.12. The van der Waals surface area contributed by atoms with E-state index in [4.69, 9.17) is 9.47 Å². The van der Waals surface area contributed by atoms with Gasteiger partial charge in [-0.1, -0.05) is 18.2 Å². The van der Waals surface area contributed by atoms with E-state index in [-0.39, 0.29) is 30.7 Å². The van der Waals surface area contributed by atoms with Crippen LogP contribution in [0.2, 0.25) is 0 Å². The van der Waals surface area contributed by atoms with Gasteiger partial charge in [-0.2, -0.15) is 13.2 Å². The zero-order valence-corrected chi connectivity index (χ0v) is 23.3. The number of halogens is 3. The molecular weight excluding hydrogens is 541 g/mol. The standard InChI is InChI=1S/C29H33F3N4O5/c1-5-41-27(38)24-23(34(3)28(39)33-25(24)19-9-11-21(12-10-19)29(30,31)32)17-35-13-14-36(18(2)16-35)26(37)20-7-6-8-22(15-20)40-4/h6-12,15,18,25H,5,13-14,16-17H2,1-4H3,(H,33,39)/t18-,25+/m0/s1. The predicted octanol–water partition coefficient (Wildman–Crippen LogP) is 4.07. The summed E-state index contributed by atoms with van der Waals surface area (Å²) >= 11 is 0. The maximum atomic E-state index is 13.2. The Morgan fingerprint density at radius 1 is 1.10 bits per heavy atom. The molecule has 2 aromatic rings. The fraction of sp³-hybridized carbons (Fsp3) is 0.414. The van der Waals surface area contributed by atoms with Crippen molar-refractivity contribution in [3.8, 4) is 5.75 Å². The van der Waals surface area contributed by atoms with Crippen LogP contribution in [0.15, 0.2) is 59.8 Å². The lowest BCUT2D eigenvalue weighted by Crippen LogP contribution is -2.56. The number of likely N-dealkylation sites (N-methyl/N-ethyl adjacent to an activating group) is 1. The minimum absolute atomic E-state index is 0.0785. The van der Waals surface area contributed by atoms with E-state index >= 15 is 0 Å². The second-order valence-electron chi connectivity index (χ2n) is 9.96. The lowest BCUT2D eigenvalue weighted by Gasteiger charge is -2.42. The van der Waals surface area contributed by atoms with Gasteiger partial charge in [0.1, 0.15) is 5.75 Å². The van der Waals surface area contributed by atoms with Crippen molar-refractivity contribution >= 4 is 17.9 Å². The van der Waals surface area contributed by atoms with Crippen LogP contribution in [0, 0.1) is 0 Å². The minimum Gasteiger partial charge on any atom is -0.497 e. The van der Waals surface area contributed by atoms with Crippen LogP contribution >= 0.6 is 0 Å². The number of nitrogens with zero attached hydrogens (tertiary/aromatic N) is 3. The van der Waals surface area contributed by atoms with Gasteiger partial charge in [0.15, 0.2) is 0 Å². The minimum atomic E-state index is -4.52. The molecule has 220 valence electrons. The van der Waals surface area contributed by atoms with Gasteiger partial charge in [-0.25, -0.2) is 9.59 Å². The summed E-state index contributed by atoms with van der Waals surface area (Å²) in [7, 11) is 3.06. The van der Waals surface area contributed by atoms with Crippen molar-refractivity contribution in [1.29, 1.82) is 0 Å². The molecule has 12 heteroatoms. The van der Waals surface area contributed by atoms with Crippen molar-refractivity contribution in [3.05, 3.63) is 76.5 Å². The number of nitrogens with one attached hydrogen (secondary N) is 1. The molecule has 0 bridgehead atoms. The second kappa shape index (κ2) is 12.2. The van der Waals surface area contributed by atoms with Gasteiger partial charge < -0.3 is 19.7 Å². The Balaban J connectivity index is 1.60. The SMILES string of the molecule is CCOC(=O)C1=C(CN2CCN(C(=O)c3cccc(OC)c3)[C@@H](C)C2)N(C)C(=O)N[C@@H]1c1ccc(C(F)(F)F)cc1. The number of urea groups is 1. The fourth-order valence-electron chi connectivity index (χ4n) is 5.12. The number of alkyl halides is 3. The molecule has 0 unspecified atom stereocenters. The third-order valence-corrected chi connectivity index (χ3v) is 7.31. The summed E-state index contributed by atoms with van der Waals surface area (Å²) in [5, 5.41) is 2.72. The van der Waals surface area contributed by atoms with Crippen molar-refractivity contribution in [2.24, 2.45) is 0 Å². The molecule has 2 aliphatic rings. The number of piperazine rings is 1. The summed E-state index contributed by atoms with van der Waals surface area (Å²) < 4.78 is 50.0. The molecule has 4 rings (SSSR count). The van der Waals surface area contributed by atoms with Crippen LogP contribution in [0.1, 0.15) is 41.4 Å². The van der Waals surface area contributed by atoms with Crippen LogP contribution in [-0.2, 0) is 15.7 Å². The first kappa shape index (κ1) is 29.9. The summed E-state index contributed by atoms with van der Waals surface area (Å²) in [5.41, 5.74) is 0.535. The zero-order valence-electron chi connectivity index (χ0n) is 23.3. The molecular formula is C29H33F3N4O5. The lowest BCUT2D eigenvalue weighted by atomic mass is 9.93. The monoisotopic (exact) mass is 574 g/mol. The number of carbonyl (C=O) groups excluding carboxylic acids is 3. The molecule has 0 radical (unpaired) electrons. The number of rotatable bonds is 7. The number of hydrogen-bond acceptors (Lipinski definition) is 6. The molecule has 1 fully saturated rings. The van der Waals surface area contributed by atoms with E-state index in [9.17, 15) is 27.6 Å². The van der Waals surface area contributed by atoms with Crippen molar-refractivity contribution in [2.45, 2.75) is 32.1 Å². The number of carbonyl (C=O) groups is 3. The van der Waals surface area contributed by atoms with E-state index in [1.165, 1.54) is 31.2 Å². The van der Waals surface area contributed by atoms with Crippen LogP contribution in [0.4, 0.5) is 18.0 Å². The first-order valence-corrected chi connectivity index (χ1v) is 13.2. The van der Waals surface area contributed by atoms with Crippen molar-refractivity contribution < 1.29 is 37.0 Å². The number of amides is 3. The third-order valence-electron chi connectivity index (χ3n) is 7.31. The molecule has 0 aliphatic carbocycles. The van der Waals surface area contributed by atoms with Gasteiger partial charge >= 0.3 is 18.2 Å². The van der Waals surface area contributed by atoms with Crippen LogP contribution in [-0.4, -0.2) is 85.6 Å². The molecule has 41 heavy (non-hydrogen) atoms. The van der Waals surface area contributed by atoms with E-state index in [0.717, 1.165) is 12.1 Å². The Labute approximate surface area is 236 Å². The van der Waals surface area contributed by atoms with Crippen molar-refractivity contribution in [2.75, 3.05) is 46.9 Å². The van der Waals surface area contributed by atoms with Crippen molar-refractivity contribution in [3.63, 3.8) is 0 Å². The highest BCUT2D eigenvalue weighted by Gasteiger charge is 2.39. The van der Waals surface area contributed by atoms with Gasteiger partial charge in [-0.3, -0.25) is 14.6 Å². The summed E-state index contributed by atoms with van der Waals surface area (Å²) in [6, 6.07) is 9.61. The van der Waals surface area contributed by atoms with E-state index < -0.39 is 29.8 Å². The number of benzene rings is 2. The van der Waals surface area contributed by atoms with Crippen LogP contribution in [0.25, 0.3) is 0 Å². The topological polar surface area (TPSA) is 91.4 Å². The van der Waals surface area contributed by atoms with E-state index in [0.29, 0.717) is 42.2 Å². The Hall–Kier alpha value is -4.06. The largest absolute Gasteiger partial charge is 0.497 e. The van der Waals surface area contributed by atoms with Gasteiger partial charge in [0.05, 0.1) is 30.9 Å². The van der Waals surface area contributed by atoms with Gasteiger partial charge in [0, 0.05) is 50.5 Å². The third kappa shape index (κ3) is 6.48. The van der Waals surface area contributed by atoms with Gasteiger partial charge in [-0.05, 0) is 49.7 Å². The Morgan fingerprint density at radius 3 is 2.41 bits per heavy atom. The molecule has 2 aliphatic heterocycles. The van der Waals surface area contributed by atoms with Crippen LogP contribution in [0.3, 0.4) is 0 Å². The van der Waals surface area contributed by atoms with Crippen molar-refractivity contribution in [1.82, 2.24) is 20.0 Å². The molecule has 2 heterocycles. The molecule has 0 aromatic heterocycles. The Morgan fingerprint density at radius 2 is 1.80 bits per heavy atom. The number of esters is 1. The lowest BCUT2D eigenvalue weighted by molar-refractivity contribution is -0.139. The first-order valence-electron chi connectivity index (χ1n) is 13.2. The predicted molar refractivity (Wildman–Crippen MR) is 144 cm³/mol. The molecule has 2 aromatic carbocycles. The summed E-state index contributed by atoms with van der Waals surface area (Å²) in [6.45, 7) is 5.20. The maximum Gasteiger partial charge on any atom is 0.416 e. The molecule has 0 saturated carbocycles. The van der Waals surface area contributed by atoms with E-state index in [1.54, 1.807) is 36.1 Å². The highest BCUT2D eigenvalue weighted by Crippen LogP contribution is 2.34. The molecule has 2 atom stereocenters. The number of hydrogen-bond donors (Lipinski definition) is 1. The summed E-state index contributed by atoms with van der Waals surface area (Å²) in [5.74, 6) is -0.208. The first-order chi connectivity index (χ1) is 19.4. The second-order valence-corrected chi connectivity index (χ2v) is 9.96. The average molecular weight is 575 g/mol. The van der Waals surface area contributed by atoms with Crippen LogP contribution < -0.4 is 10.1 Å². The van der Waals surface area contributed by atoms with Gasteiger partial charge in [0.25, 0.3) is 5.91 Å².